The zero-order valence-corrected chi connectivity index (χ0v) is 12.0. The van der Waals surface area contributed by atoms with Crippen LogP contribution in [-0.2, 0) is 14.8 Å². The third-order valence-electron chi connectivity index (χ3n) is 2.60. The number of hydrogen-bond donors (Lipinski definition) is 2. The first-order valence-electron chi connectivity index (χ1n) is 6.26. The van der Waals surface area contributed by atoms with Crippen molar-refractivity contribution in [3.05, 3.63) is 35.9 Å². The molecule has 0 heterocycles. The number of benzene rings is 1. The molecule has 1 atom stereocenters. The zero-order chi connectivity index (χ0) is 14.3. The van der Waals surface area contributed by atoms with Crippen LogP contribution in [0.15, 0.2) is 30.3 Å². The van der Waals surface area contributed by atoms with Gasteiger partial charge in [0.15, 0.2) is 0 Å². The summed E-state index contributed by atoms with van der Waals surface area (Å²) in [7, 11) is -3.34. The van der Waals surface area contributed by atoms with Gasteiger partial charge in [-0.05, 0) is 18.9 Å². The minimum atomic E-state index is -3.34. The molecule has 0 spiro atoms. The van der Waals surface area contributed by atoms with Gasteiger partial charge < -0.3 is 5.32 Å². The van der Waals surface area contributed by atoms with Crippen LogP contribution in [0.4, 0.5) is 0 Å². The van der Waals surface area contributed by atoms with Gasteiger partial charge >= 0.3 is 0 Å². The molecule has 2 N–H and O–H groups in total. The van der Waals surface area contributed by atoms with Crippen LogP contribution in [0.25, 0.3) is 0 Å². The Labute approximate surface area is 114 Å². The smallest absolute Gasteiger partial charge is 0.235 e. The quantitative estimate of drug-likeness (QED) is 0.790. The Kier molecular flexibility index (Phi) is 5.98. The summed E-state index contributed by atoms with van der Waals surface area (Å²) in [6.07, 6.45) is 0.525. The average Bonchev–Trinajstić information content (AvgIpc) is 2.37. The second-order valence-electron chi connectivity index (χ2n) is 4.34. The van der Waals surface area contributed by atoms with E-state index in [9.17, 15) is 13.2 Å². The van der Waals surface area contributed by atoms with Gasteiger partial charge in [-0.3, -0.25) is 4.79 Å². The van der Waals surface area contributed by atoms with Gasteiger partial charge in [0.05, 0.1) is 18.3 Å². The second-order valence-corrected chi connectivity index (χ2v) is 6.27. The first-order chi connectivity index (χ1) is 8.94. The monoisotopic (exact) mass is 284 g/mol. The fraction of sp³-hybridized carbons (Fsp3) is 0.462. The summed E-state index contributed by atoms with van der Waals surface area (Å²) in [5.41, 5.74) is 0.979. The molecule has 0 fully saturated rings. The minimum Gasteiger partial charge on any atom is -0.348 e. The Balaban J connectivity index is 2.44. The van der Waals surface area contributed by atoms with Crippen molar-refractivity contribution < 1.29 is 13.2 Å². The van der Waals surface area contributed by atoms with Crippen molar-refractivity contribution in [2.45, 2.75) is 26.3 Å². The van der Waals surface area contributed by atoms with Crippen LogP contribution in [0, 0.1) is 0 Å². The van der Waals surface area contributed by atoms with Crippen LogP contribution in [0.1, 0.15) is 31.9 Å². The fourth-order valence-corrected chi connectivity index (χ4v) is 2.67. The lowest BCUT2D eigenvalue weighted by Crippen LogP contribution is -2.38. The molecule has 0 bridgehead atoms. The summed E-state index contributed by atoms with van der Waals surface area (Å²) < 4.78 is 25.1. The first-order valence-corrected chi connectivity index (χ1v) is 7.91. The summed E-state index contributed by atoms with van der Waals surface area (Å²) in [4.78, 5) is 11.6. The molecule has 1 aromatic rings. The molecule has 0 aliphatic rings. The van der Waals surface area contributed by atoms with Crippen LogP contribution in [0.2, 0.25) is 0 Å². The molecule has 1 aromatic carbocycles. The van der Waals surface area contributed by atoms with Gasteiger partial charge in [0.25, 0.3) is 0 Å². The summed E-state index contributed by atoms with van der Waals surface area (Å²) in [5, 5.41) is 2.74. The highest BCUT2D eigenvalue weighted by Crippen LogP contribution is 2.10. The molecule has 106 valence electrons. The van der Waals surface area contributed by atoms with E-state index in [1.54, 1.807) is 6.92 Å². The Morgan fingerprint density at radius 3 is 2.47 bits per heavy atom. The lowest BCUT2D eigenvalue weighted by molar-refractivity contribution is -0.120. The standard InChI is InChI=1S/C13H20N2O3S/c1-3-9-19(17,18)14-10-13(16)15-11(2)12-7-5-4-6-8-12/h4-8,11,14H,3,9-10H2,1-2H3,(H,15,16). The molecular formula is C13H20N2O3S. The molecule has 0 radical (unpaired) electrons. The molecule has 0 aliphatic heterocycles. The SMILES string of the molecule is CCCS(=O)(=O)NCC(=O)NC(C)c1ccccc1. The fourth-order valence-electron chi connectivity index (χ4n) is 1.63. The number of sulfonamides is 1. The van der Waals surface area contributed by atoms with Gasteiger partial charge in [-0.15, -0.1) is 0 Å². The number of nitrogens with one attached hydrogen (secondary N) is 2. The van der Waals surface area contributed by atoms with Crippen molar-refractivity contribution in [1.82, 2.24) is 10.0 Å². The van der Waals surface area contributed by atoms with E-state index < -0.39 is 10.0 Å². The largest absolute Gasteiger partial charge is 0.348 e. The van der Waals surface area contributed by atoms with Crippen molar-refractivity contribution in [2.75, 3.05) is 12.3 Å². The van der Waals surface area contributed by atoms with Gasteiger partial charge in [0.1, 0.15) is 0 Å². The maximum Gasteiger partial charge on any atom is 0.235 e. The van der Waals surface area contributed by atoms with E-state index in [4.69, 9.17) is 0 Å². The second kappa shape index (κ2) is 7.25. The lowest BCUT2D eigenvalue weighted by Gasteiger charge is -2.14. The highest BCUT2D eigenvalue weighted by atomic mass is 32.2. The molecular weight excluding hydrogens is 264 g/mol. The highest BCUT2D eigenvalue weighted by Gasteiger charge is 2.13. The van der Waals surface area contributed by atoms with Crippen molar-refractivity contribution in [2.24, 2.45) is 0 Å². The van der Waals surface area contributed by atoms with E-state index in [0.717, 1.165) is 5.56 Å². The Bertz CT molecular complexity index is 500. The van der Waals surface area contributed by atoms with E-state index in [-0.39, 0.29) is 24.2 Å². The van der Waals surface area contributed by atoms with Gasteiger partial charge in [-0.1, -0.05) is 37.3 Å². The number of carbonyl (C=O) groups is 1. The van der Waals surface area contributed by atoms with Crippen LogP contribution >= 0.6 is 0 Å². The molecule has 1 rings (SSSR count). The highest BCUT2D eigenvalue weighted by molar-refractivity contribution is 7.89. The molecule has 0 aromatic heterocycles. The predicted molar refractivity (Wildman–Crippen MR) is 75.1 cm³/mol. The Hall–Kier alpha value is -1.40. The summed E-state index contributed by atoms with van der Waals surface area (Å²) in [6.45, 7) is 3.41. The molecule has 6 heteroatoms. The number of rotatable bonds is 7. The average molecular weight is 284 g/mol. The van der Waals surface area contributed by atoms with E-state index in [1.807, 2.05) is 37.3 Å². The van der Waals surface area contributed by atoms with Crippen LogP contribution in [0.5, 0.6) is 0 Å². The Morgan fingerprint density at radius 2 is 1.89 bits per heavy atom. The topological polar surface area (TPSA) is 75.3 Å². The summed E-state index contributed by atoms with van der Waals surface area (Å²) in [6, 6.07) is 9.35. The number of carbonyl (C=O) groups excluding carboxylic acids is 1. The molecule has 0 aliphatic carbocycles. The van der Waals surface area contributed by atoms with E-state index in [1.165, 1.54) is 0 Å². The third-order valence-corrected chi connectivity index (χ3v) is 4.13. The van der Waals surface area contributed by atoms with Gasteiger partial charge in [-0.25, -0.2) is 13.1 Å². The third kappa shape index (κ3) is 5.85. The van der Waals surface area contributed by atoms with Crippen molar-refractivity contribution in [1.29, 1.82) is 0 Å². The van der Waals surface area contributed by atoms with E-state index in [2.05, 4.69) is 10.0 Å². The zero-order valence-electron chi connectivity index (χ0n) is 11.2. The number of amides is 1. The molecule has 0 saturated heterocycles. The first kappa shape index (κ1) is 15.7. The summed E-state index contributed by atoms with van der Waals surface area (Å²) in [5.74, 6) is -0.301. The maximum atomic E-state index is 11.6. The lowest BCUT2D eigenvalue weighted by atomic mass is 10.1. The molecule has 1 unspecified atom stereocenters. The molecule has 0 saturated carbocycles. The van der Waals surface area contributed by atoms with Crippen LogP contribution in [-0.4, -0.2) is 26.6 Å². The normalized spacial score (nSPS) is 12.9. The predicted octanol–water partition coefficient (Wildman–Crippen LogP) is 1.19. The minimum absolute atomic E-state index is 0.0362. The van der Waals surface area contributed by atoms with Crippen molar-refractivity contribution >= 4 is 15.9 Å². The van der Waals surface area contributed by atoms with Crippen molar-refractivity contribution in [3.8, 4) is 0 Å². The van der Waals surface area contributed by atoms with Gasteiger partial charge in [0, 0.05) is 0 Å². The summed E-state index contributed by atoms with van der Waals surface area (Å²) >= 11 is 0. The maximum absolute atomic E-state index is 11.6. The molecule has 19 heavy (non-hydrogen) atoms. The van der Waals surface area contributed by atoms with Crippen molar-refractivity contribution in [3.63, 3.8) is 0 Å². The molecule has 5 nitrogen and oxygen atoms in total. The Morgan fingerprint density at radius 1 is 1.26 bits per heavy atom. The van der Waals surface area contributed by atoms with Gasteiger partial charge in [-0.2, -0.15) is 0 Å². The van der Waals surface area contributed by atoms with Crippen LogP contribution < -0.4 is 10.0 Å². The van der Waals surface area contributed by atoms with Crippen LogP contribution in [0.3, 0.4) is 0 Å². The molecule has 1 amide bonds. The van der Waals surface area contributed by atoms with E-state index >= 15 is 0 Å². The van der Waals surface area contributed by atoms with Gasteiger partial charge in [0.2, 0.25) is 15.9 Å². The van der Waals surface area contributed by atoms with E-state index in [0.29, 0.717) is 6.42 Å². The number of hydrogen-bond acceptors (Lipinski definition) is 3.